The van der Waals surface area contributed by atoms with E-state index in [2.05, 4.69) is 37.4 Å². The van der Waals surface area contributed by atoms with Crippen molar-refractivity contribution in [3.63, 3.8) is 0 Å². The number of hydrogen-bond donors (Lipinski definition) is 1. The van der Waals surface area contributed by atoms with Crippen LogP contribution in [0.2, 0.25) is 5.02 Å². The van der Waals surface area contributed by atoms with Crippen LogP contribution in [0.3, 0.4) is 0 Å². The smallest absolute Gasteiger partial charge is 0.0621 e. The molecule has 0 amide bonds. The van der Waals surface area contributed by atoms with Gasteiger partial charge in [0.05, 0.1) is 6.07 Å². The molecule has 20 heavy (non-hydrogen) atoms. The summed E-state index contributed by atoms with van der Waals surface area (Å²) in [5.41, 5.74) is 1.89. The second kappa shape index (κ2) is 6.16. The molecule has 1 fully saturated rings. The Labute approximate surface area is 127 Å². The zero-order valence-electron chi connectivity index (χ0n) is 12.4. The van der Waals surface area contributed by atoms with E-state index in [0.29, 0.717) is 11.8 Å². The van der Waals surface area contributed by atoms with Crippen LogP contribution < -0.4 is 5.32 Å². The van der Waals surface area contributed by atoms with Gasteiger partial charge in [-0.15, -0.1) is 0 Å². The predicted molar refractivity (Wildman–Crippen MR) is 83.9 cm³/mol. The Balaban J connectivity index is 1.85. The topological polar surface area (TPSA) is 35.8 Å². The fraction of sp³-hybridized carbons (Fsp3) is 0.588. The van der Waals surface area contributed by atoms with E-state index in [1.807, 2.05) is 12.1 Å². The first-order valence-corrected chi connectivity index (χ1v) is 7.69. The lowest BCUT2D eigenvalue weighted by Crippen LogP contribution is -2.34. The van der Waals surface area contributed by atoms with Crippen molar-refractivity contribution < 1.29 is 0 Å². The van der Waals surface area contributed by atoms with Crippen LogP contribution >= 0.6 is 11.6 Å². The van der Waals surface area contributed by atoms with Crippen LogP contribution in [0.4, 0.5) is 0 Å². The molecule has 0 atom stereocenters. The molecule has 1 aliphatic rings. The summed E-state index contributed by atoms with van der Waals surface area (Å²) in [6, 6.07) is 10.5. The quantitative estimate of drug-likeness (QED) is 0.813. The molecule has 1 aliphatic carbocycles. The highest BCUT2D eigenvalue weighted by molar-refractivity contribution is 6.30. The minimum absolute atomic E-state index is 0.186. The highest BCUT2D eigenvalue weighted by Crippen LogP contribution is 2.47. The Kier molecular flexibility index (Phi) is 4.73. The maximum Gasteiger partial charge on any atom is 0.0621 e. The summed E-state index contributed by atoms with van der Waals surface area (Å²) in [6.45, 7) is 6.42. The van der Waals surface area contributed by atoms with Crippen molar-refractivity contribution in [2.75, 3.05) is 13.1 Å². The van der Waals surface area contributed by atoms with Crippen LogP contribution in [-0.4, -0.2) is 13.1 Å². The molecule has 0 saturated heterocycles. The lowest BCUT2D eigenvalue weighted by Gasteiger charge is -2.26. The molecule has 0 bridgehead atoms. The molecule has 0 spiro atoms. The third-order valence-corrected chi connectivity index (χ3v) is 4.54. The Morgan fingerprint density at radius 1 is 1.30 bits per heavy atom. The highest BCUT2D eigenvalue weighted by atomic mass is 35.5. The molecule has 108 valence electrons. The molecule has 0 aliphatic heterocycles. The van der Waals surface area contributed by atoms with Gasteiger partial charge < -0.3 is 5.32 Å². The number of benzene rings is 1. The lowest BCUT2D eigenvalue weighted by molar-refractivity contribution is 0.313. The lowest BCUT2D eigenvalue weighted by atomic mass is 9.87. The summed E-state index contributed by atoms with van der Waals surface area (Å²) in [5, 5.41) is 13.1. The van der Waals surface area contributed by atoms with Gasteiger partial charge in [-0.3, -0.25) is 0 Å². The number of nitrogens with zero attached hydrogens (tertiary/aromatic N) is 1. The minimum Gasteiger partial charge on any atom is -0.315 e. The molecule has 0 heterocycles. The second-order valence-corrected chi connectivity index (χ2v) is 7.15. The first-order chi connectivity index (χ1) is 9.47. The average molecular weight is 291 g/mol. The maximum atomic E-state index is 8.68. The van der Waals surface area contributed by atoms with Crippen molar-refractivity contribution >= 4 is 11.6 Å². The van der Waals surface area contributed by atoms with E-state index in [1.54, 1.807) is 0 Å². The number of hydrogen-bond acceptors (Lipinski definition) is 2. The first kappa shape index (κ1) is 15.4. The van der Waals surface area contributed by atoms with Crippen LogP contribution in [0.15, 0.2) is 24.3 Å². The Morgan fingerprint density at radius 3 is 2.50 bits per heavy atom. The summed E-state index contributed by atoms with van der Waals surface area (Å²) in [5.74, 6) is 0. The molecule has 1 aromatic rings. The Hall–Kier alpha value is -1.04. The highest BCUT2D eigenvalue weighted by Gasteiger charge is 2.43. The van der Waals surface area contributed by atoms with Crippen LogP contribution in [0.1, 0.15) is 45.1 Å². The monoisotopic (exact) mass is 290 g/mol. The van der Waals surface area contributed by atoms with E-state index in [0.717, 1.165) is 24.5 Å². The van der Waals surface area contributed by atoms with E-state index in [1.165, 1.54) is 18.4 Å². The SMILES string of the molecule is CC(C)(CCC#N)CNCC1(c2ccc(Cl)cc2)CC1. The summed E-state index contributed by atoms with van der Waals surface area (Å²) < 4.78 is 0. The van der Waals surface area contributed by atoms with Gasteiger partial charge in [-0.1, -0.05) is 37.6 Å². The third-order valence-electron chi connectivity index (χ3n) is 4.29. The van der Waals surface area contributed by atoms with Gasteiger partial charge in [-0.25, -0.2) is 0 Å². The maximum absolute atomic E-state index is 8.68. The van der Waals surface area contributed by atoms with E-state index in [9.17, 15) is 0 Å². The molecule has 0 radical (unpaired) electrons. The molecule has 0 unspecified atom stereocenters. The number of nitriles is 1. The Morgan fingerprint density at radius 2 is 1.95 bits per heavy atom. The van der Waals surface area contributed by atoms with Gasteiger partial charge in [-0.2, -0.15) is 5.26 Å². The van der Waals surface area contributed by atoms with Gasteiger partial charge in [0.25, 0.3) is 0 Å². The van der Waals surface area contributed by atoms with Crippen molar-refractivity contribution in [3.05, 3.63) is 34.9 Å². The van der Waals surface area contributed by atoms with Crippen molar-refractivity contribution in [2.24, 2.45) is 5.41 Å². The van der Waals surface area contributed by atoms with Gasteiger partial charge >= 0.3 is 0 Å². The molecule has 3 heteroatoms. The number of nitrogens with one attached hydrogen (secondary N) is 1. The Bertz CT molecular complexity index is 481. The normalized spacial score (nSPS) is 16.7. The van der Waals surface area contributed by atoms with Gasteiger partial charge in [0, 0.05) is 29.9 Å². The average Bonchev–Trinajstić information content (AvgIpc) is 3.18. The predicted octanol–water partition coefficient (Wildman–Crippen LogP) is 4.29. The molecular weight excluding hydrogens is 268 g/mol. The zero-order valence-corrected chi connectivity index (χ0v) is 13.1. The molecule has 0 aromatic heterocycles. The molecule has 1 saturated carbocycles. The zero-order chi connectivity index (χ0) is 14.6. The second-order valence-electron chi connectivity index (χ2n) is 6.71. The summed E-state index contributed by atoms with van der Waals surface area (Å²) in [7, 11) is 0. The van der Waals surface area contributed by atoms with Crippen molar-refractivity contribution in [1.29, 1.82) is 5.26 Å². The fourth-order valence-electron chi connectivity index (χ4n) is 2.64. The van der Waals surface area contributed by atoms with Crippen LogP contribution in [0, 0.1) is 16.7 Å². The standard InChI is InChI=1S/C17H23ClN2/c1-16(2,8-3-11-19)12-20-13-17(9-10-17)14-4-6-15(18)7-5-14/h4-7,20H,3,8-10,12-13H2,1-2H3. The minimum atomic E-state index is 0.186. The molecule has 1 aromatic carbocycles. The number of halogens is 1. The van der Waals surface area contributed by atoms with E-state index >= 15 is 0 Å². The first-order valence-electron chi connectivity index (χ1n) is 7.31. The van der Waals surface area contributed by atoms with Gasteiger partial charge in [0.1, 0.15) is 0 Å². The van der Waals surface area contributed by atoms with E-state index in [4.69, 9.17) is 16.9 Å². The summed E-state index contributed by atoms with van der Waals surface area (Å²) in [4.78, 5) is 0. The molecule has 2 rings (SSSR count). The van der Waals surface area contributed by atoms with Gasteiger partial charge in [0.15, 0.2) is 0 Å². The summed E-state index contributed by atoms with van der Waals surface area (Å²) >= 11 is 5.95. The third kappa shape index (κ3) is 3.98. The summed E-state index contributed by atoms with van der Waals surface area (Å²) in [6.07, 6.45) is 4.09. The molecule has 1 N–H and O–H groups in total. The van der Waals surface area contributed by atoms with E-state index in [-0.39, 0.29) is 5.41 Å². The number of rotatable bonds is 7. The largest absolute Gasteiger partial charge is 0.315 e. The molecule has 2 nitrogen and oxygen atoms in total. The molecular formula is C17H23ClN2. The van der Waals surface area contributed by atoms with Crippen molar-refractivity contribution in [2.45, 2.75) is 44.9 Å². The fourth-order valence-corrected chi connectivity index (χ4v) is 2.77. The van der Waals surface area contributed by atoms with Crippen LogP contribution in [-0.2, 0) is 5.41 Å². The van der Waals surface area contributed by atoms with Gasteiger partial charge in [0.2, 0.25) is 0 Å². The van der Waals surface area contributed by atoms with E-state index < -0.39 is 0 Å². The van der Waals surface area contributed by atoms with Crippen molar-refractivity contribution in [3.8, 4) is 6.07 Å². The van der Waals surface area contributed by atoms with Crippen molar-refractivity contribution in [1.82, 2.24) is 5.32 Å². The van der Waals surface area contributed by atoms with Crippen LogP contribution in [0.5, 0.6) is 0 Å². The van der Waals surface area contributed by atoms with Crippen LogP contribution in [0.25, 0.3) is 0 Å². The van der Waals surface area contributed by atoms with Gasteiger partial charge in [-0.05, 0) is 42.4 Å².